The van der Waals surface area contributed by atoms with Crippen molar-refractivity contribution in [2.75, 3.05) is 18.0 Å². The van der Waals surface area contributed by atoms with Gasteiger partial charge in [0.25, 0.3) is 5.91 Å². The topological polar surface area (TPSA) is 75.9 Å². The minimum Gasteiger partial charge on any atom is -0.371 e. The molecular formula is C19H20N6O. The lowest BCUT2D eigenvalue weighted by Crippen LogP contribution is -2.44. The minimum atomic E-state index is -0.0769. The van der Waals surface area contributed by atoms with Crippen LogP contribution in [0.4, 0.5) is 5.69 Å². The number of carbonyl (C=O) groups excluding carboxylic acids is 1. The Kier molecular flexibility index (Phi) is 4.59. The van der Waals surface area contributed by atoms with Crippen LogP contribution in [0.25, 0.3) is 5.82 Å². The van der Waals surface area contributed by atoms with Crippen molar-refractivity contribution >= 4 is 11.6 Å². The van der Waals surface area contributed by atoms with Gasteiger partial charge in [-0.2, -0.15) is 5.10 Å². The molecule has 0 spiro atoms. The van der Waals surface area contributed by atoms with E-state index in [2.05, 4.69) is 49.5 Å². The van der Waals surface area contributed by atoms with Crippen molar-refractivity contribution in [3.05, 3.63) is 66.9 Å². The van der Waals surface area contributed by atoms with Gasteiger partial charge in [0.1, 0.15) is 12.7 Å². The Balaban J connectivity index is 1.37. The number of anilines is 1. The van der Waals surface area contributed by atoms with Crippen LogP contribution in [0.5, 0.6) is 0 Å². The summed E-state index contributed by atoms with van der Waals surface area (Å²) in [5, 5.41) is 7.19. The van der Waals surface area contributed by atoms with Gasteiger partial charge in [0.15, 0.2) is 5.82 Å². The number of hydrogen-bond acceptors (Lipinski definition) is 5. The van der Waals surface area contributed by atoms with E-state index in [9.17, 15) is 4.79 Å². The second-order valence-corrected chi connectivity index (χ2v) is 6.31. The van der Waals surface area contributed by atoms with E-state index in [0.29, 0.717) is 11.4 Å². The number of carbonyl (C=O) groups is 1. The van der Waals surface area contributed by atoms with Crippen LogP contribution in [0.1, 0.15) is 23.2 Å². The third kappa shape index (κ3) is 3.56. The van der Waals surface area contributed by atoms with Crippen LogP contribution in [0.3, 0.4) is 0 Å². The lowest BCUT2D eigenvalue weighted by molar-refractivity contribution is 0.0931. The number of nitrogens with one attached hydrogen (secondary N) is 1. The van der Waals surface area contributed by atoms with Crippen molar-refractivity contribution in [3.8, 4) is 5.82 Å². The first-order valence-corrected chi connectivity index (χ1v) is 8.71. The first-order chi connectivity index (χ1) is 12.8. The molecule has 0 unspecified atom stereocenters. The molecule has 0 bridgehead atoms. The van der Waals surface area contributed by atoms with E-state index in [4.69, 9.17) is 0 Å². The van der Waals surface area contributed by atoms with Crippen LogP contribution in [0.2, 0.25) is 0 Å². The molecule has 1 aliphatic heterocycles. The maximum Gasteiger partial charge on any atom is 0.251 e. The summed E-state index contributed by atoms with van der Waals surface area (Å²) < 4.78 is 1.54. The summed E-state index contributed by atoms with van der Waals surface area (Å²) in [7, 11) is 0. The van der Waals surface area contributed by atoms with E-state index >= 15 is 0 Å². The molecule has 3 heterocycles. The summed E-state index contributed by atoms with van der Waals surface area (Å²) in [4.78, 5) is 23.1. The van der Waals surface area contributed by atoms with Crippen molar-refractivity contribution in [2.24, 2.45) is 0 Å². The third-order valence-electron chi connectivity index (χ3n) is 4.61. The first kappa shape index (κ1) is 16.3. The zero-order valence-electron chi connectivity index (χ0n) is 14.3. The van der Waals surface area contributed by atoms with E-state index in [1.165, 1.54) is 16.7 Å². The zero-order chi connectivity index (χ0) is 17.8. The molecule has 1 amide bonds. The van der Waals surface area contributed by atoms with Gasteiger partial charge in [-0.05, 0) is 37.1 Å². The largest absolute Gasteiger partial charge is 0.371 e. The van der Waals surface area contributed by atoms with Gasteiger partial charge in [-0.25, -0.2) is 14.6 Å². The molecule has 0 aliphatic carbocycles. The molecule has 4 rings (SSSR count). The van der Waals surface area contributed by atoms with E-state index in [-0.39, 0.29) is 11.9 Å². The van der Waals surface area contributed by atoms with E-state index in [1.807, 2.05) is 6.07 Å². The molecule has 0 radical (unpaired) electrons. The molecular weight excluding hydrogens is 328 g/mol. The standard InChI is InChI=1S/C19H20N6O/c26-19(15-6-9-21-18(12-15)25-14-20-13-22-25)23-16-7-10-24(11-8-16)17-4-2-1-3-5-17/h1-6,9,12-14,16H,7-8,10-11H2,(H,23,26). The van der Waals surface area contributed by atoms with Crippen LogP contribution in [-0.4, -0.2) is 44.8 Å². The molecule has 0 saturated carbocycles. The van der Waals surface area contributed by atoms with Gasteiger partial charge in [0, 0.05) is 36.6 Å². The molecule has 1 N–H and O–H groups in total. The molecule has 26 heavy (non-hydrogen) atoms. The highest BCUT2D eigenvalue weighted by molar-refractivity contribution is 5.94. The van der Waals surface area contributed by atoms with E-state index < -0.39 is 0 Å². The molecule has 3 aromatic rings. The SMILES string of the molecule is O=C(NC1CCN(c2ccccc2)CC1)c1ccnc(-n2cncn2)c1. The average molecular weight is 348 g/mol. The van der Waals surface area contributed by atoms with Crippen molar-refractivity contribution in [1.82, 2.24) is 25.1 Å². The second-order valence-electron chi connectivity index (χ2n) is 6.31. The van der Waals surface area contributed by atoms with Gasteiger partial charge in [0.2, 0.25) is 0 Å². The average Bonchev–Trinajstić information content (AvgIpc) is 3.24. The Bertz CT molecular complexity index is 857. The summed E-state index contributed by atoms with van der Waals surface area (Å²) >= 11 is 0. The van der Waals surface area contributed by atoms with Crippen molar-refractivity contribution in [3.63, 3.8) is 0 Å². The van der Waals surface area contributed by atoms with E-state index in [1.54, 1.807) is 24.7 Å². The van der Waals surface area contributed by atoms with Crippen molar-refractivity contribution in [1.29, 1.82) is 0 Å². The fourth-order valence-electron chi connectivity index (χ4n) is 3.20. The summed E-state index contributed by atoms with van der Waals surface area (Å²) in [6.07, 6.45) is 6.48. The van der Waals surface area contributed by atoms with Crippen LogP contribution >= 0.6 is 0 Å². The zero-order valence-corrected chi connectivity index (χ0v) is 14.3. The fraction of sp³-hybridized carbons (Fsp3) is 0.263. The van der Waals surface area contributed by atoms with Crippen LogP contribution in [-0.2, 0) is 0 Å². The number of nitrogens with zero attached hydrogens (tertiary/aromatic N) is 5. The molecule has 0 atom stereocenters. The quantitative estimate of drug-likeness (QED) is 0.781. The number of hydrogen-bond donors (Lipinski definition) is 1. The lowest BCUT2D eigenvalue weighted by Gasteiger charge is -2.34. The van der Waals surface area contributed by atoms with E-state index in [0.717, 1.165) is 25.9 Å². The monoisotopic (exact) mass is 348 g/mol. The number of piperidine rings is 1. The Morgan fingerprint density at radius 2 is 1.92 bits per heavy atom. The highest BCUT2D eigenvalue weighted by Gasteiger charge is 2.21. The maximum atomic E-state index is 12.6. The predicted molar refractivity (Wildman–Crippen MR) is 98.3 cm³/mol. The van der Waals surface area contributed by atoms with Crippen LogP contribution in [0.15, 0.2) is 61.3 Å². The lowest BCUT2D eigenvalue weighted by atomic mass is 10.0. The number of amides is 1. The second kappa shape index (κ2) is 7.35. The molecule has 132 valence electrons. The van der Waals surface area contributed by atoms with Gasteiger partial charge in [-0.15, -0.1) is 0 Å². The molecule has 1 fully saturated rings. The molecule has 7 nitrogen and oxygen atoms in total. The Labute approximate surface area is 151 Å². The molecule has 2 aromatic heterocycles. The first-order valence-electron chi connectivity index (χ1n) is 8.71. The number of rotatable bonds is 4. The van der Waals surface area contributed by atoms with Gasteiger partial charge < -0.3 is 10.2 Å². The van der Waals surface area contributed by atoms with Gasteiger partial charge in [-0.3, -0.25) is 4.79 Å². The molecule has 7 heteroatoms. The van der Waals surface area contributed by atoms with Gasteiger partial charge in [-0.1, -0.05) is 18.2 Å². The van der Waals surface area contributed by atoms with Crippen LogP contribution in [0, 0.1) is 0 Å². The summed E-state index contributed by atoms with van der Waals surface area (Å²) in [6.45, 7) is 1.88. The number of pyridine rings is 1. The maximum absolute atomic E-state index is 12.6. The third-order valence-corrected chi connectivity index (χ3v) is 4.61. The minimum absolute atomic E-state index is 0.0769. The number of para-hydroxylation sites is 1. The van der Waals surface area contributed by atoms with Gasteiger partial charge >= 0.3 is 0 Å². The molecule has 1 aliphatic rings. The summed E-state index contributed by atoms with van der Waals surface area (Å²) in [5.41, 5.74) is 1.82. The molecule has 1 saturated heterocycles. The smallest absolute Gasteiger partial charge is 0.251 e. The fourth-order valence-corrected chi connectivity index (χ4v) is 3.20. The highest BCUT2D eigenvalue weighted by atomic mass is 16.1. The van der Waals surface area contributed by atoms with Crippen molar-refractivity contribution < 1.29 is 4.79 Å². The van der Waals surface area contributed by atoms with Crippen LogP contribution < -0.4 is 10.2 Å². The predicted octanol–water partition coefficient (Wildman–Crippen LogP) is 2.06. The summed E-state index contributed by atoms with van der Waals surface area (Å²) in [5.74, 6) is 0.501. The normalized spacial score (nSPS) is 15.0. The Morgan fingerprint density at radius 3 is 2.65 bits per heavy atom. The number of benzene rings is 1. The Morgan fingerprint density at radius 1 is 1.12 bits per heavy atom. The van der Waals surface area contributed by atoms with Crippen molar-refractivity contribution in [2.45, 2.75) is 18.9 Å². The molecule has 1 aromatic carbocycles. The Hall–Kier alpha value is -3.22. The number of aromatic nitrogens is 4. The summed E-state index contributed by atoms with van der Waals surface area (Å²) in [6, 6.07) is 14.0. The van der Waals surface area contributed by atoms with Gasteiger partial charge in [0.05, 0.1) is 0 Å². The highest BCUT2D eigenvalue weighted by Crippen LogP contribution is 2.19.